The lowest BCUT2D eigenvalue weighted by atomic mass is 9.98. The van der Waals surface area contributed by atoms with Crippen molar-refractivity contribution in [3.8, 4) is 11.5 Å². The molecule has 144 valence electrons. The summed E-state index contributed by atoms with van der Waals surface area (Å²) >= 11 is 0. The lowest BCUT2D eigenvalue weighted by molar-refractivity contribution is 0.152. The van der Waals surface area contributed by atoms with Crippen LogP contribution in [0.25, 0.3) is 0 Å². The number of benzene rings is 2. The minimum atomic E-state index is -0.0568. The van der Waals surface area contributed by atoms with Crippen molar-refractivity contribution in [2.45, 2.75) is 19.4 Å². The molecular formula is C21H27N3O3. The molecule has 0 unspecified atom stereocenters. The highest BCUT2D eigenvalue weighted by atomic mass is 16.5. The van der Waals surface area contributed by atoms with Crippen LogP contribution < -0.4 is 20.5 Å². The summed E-state index contributed by atoms with van der Waals surface area (Å²) in [5.74, 6) is 2.12. The molecule has 2 aromatic rings. The topological polar surface area (TPSA) is 76.8 Å². The van der Waals surface area contributed by atoms with Gasteiger partial charge in [-0.2, -0.15) is 0 Å². The second kappa shape index (κ2) is 9.28. The summed E-state index contributed by atoms with van der Waals surface area (Å²) in [5.41, 5.74) is 7.44. The fourth-order valence-corrected chi connectivity index (χ4v) is 3.17. The molecule has 1 heterocycles. The molecule has 0 aliphatic carbocycles. The van der Waals surface area contributed by atoms with Gasteiger partial charge in [-0.3, -0.25) is 0 Å². The number of methoxy groups -OCH3 is 1. The first kappa shape index (κ1) is 19.0. The molecule has 0 saturated carbocycles. The van der Waals surface area contributed by atoms with Crippen molar-refractivity contribution in [3.05, 3.63) is 54.1 Å². The number of anilines is 1. The van der Waals surface area contributed by atoms with Gasteiger partial charge in [-0.15, -0.1) is 0 Å². The first-order valence-electron chi connectivity index (χ1n) is 9.29. The molecule has 1 aliphatic rings. The van der Waals surface area contributed by atoms with Crippen LogP contribution in [0.3, 0.4) is 0 Å². The first-order valence-corrected chi connectivity index (χ1v) is 9.29. The van der Waals surface area contributed by atoms with Gasteiger partial charge in [0.05, 0.1) is 13.7 Å². The van der Waals surface area contributed by atoms with Crippen molar-refractivity contribution in [1.82, 2.24) is 4.90 Å². The number of hydrogen-bond acceptors (Lipinski definition) is 4. The van der Waals surface area contributed by atoms with Gasteiger partial charge in [-0.1, -0.05) is 12.1 Å². The first-order chi connectivity index (χ1) is 13.2. The maximum atomic E-state index is 12.5. The summed E-state index contributed by atoms with van der Waals surface area (Å²) in [6.07, 6.45) is 1.87. The summed E-state index contributed by atoms with van der Waals surface area (Å²) in [6.45, 7) is 2.60. The van der Waals surface area contributed by atoms with E-state index < -0.39 is 0 Å². The predicted molar refractivity (Wildman–Crippen MR) is 106 cm³/mol. The smallest absolute Gasteiger partial charge is 0.321 e. The van der Waals surface area contributed by atoms with Crippen LogP contribution in [0.15, 0.2) is 48.5 Å². The molecule has 1 saturated heterocycles. The Morgan fingerprint density at radius 1 is 1.15 bits per heavy atom. The zero-order chi connectivity index (χ0) is 19.1. The Balaban J connectivity index is 1.43. The van der Waals surface area contributed by atoms with Gasteiger partial charge in [0.25, 0.3) is 0 Å². The van der Waals surface area contributed by atoms with Gasteiger partial charge in [-0.05, 0) is 60.7 Å². The van der Waals surface area contributed by atoms with Crippen LogP contribution in [0.5, 0.6) is 11.5 Å². The molecule has 1 aliphatic heterocycles. The Morgan fingerprint density at radius 3 is 2.52 bits per heavy atom. The Bertz CT molecular complexity index is 741. The highest BCUT2D eigenvalue weighted by molar-refractivity contribution is 5.89. The number of likely N-dealkylation sites (tertiary alicyclic amines) is 1. The molecule has 3 rings (SSSR count). The van der Waals surface area contributed by atoms with E-state index in [2.05, 4.69) is 5.32 Å². The third-order valence-electron chi connectivity index (χ3n) is 4.86. The van der Waals surface area contributed by atoms with Crippen molar-refractivity contribution >= 4 is 11.7 Å². The SMILES string of the molecule is COc1ccc(OCC2CCN(C(=O)Nc3cccc(CN)c3)CC2)cc1. The molecule has 2 aromatic carbocycles. The number of hydrogen-bond donors (Lipinski definition) is 2. The van der Waals surface area contributed by atoms with E-state index in [0.29, 0.717) is 19.1 Å². The van der Waals surface area contributed by atoms with Crippen LogP contribution in [0.2, 0.25) is 0 Å². The van der Waals surface area contributed by atoms with Gasteiger partial charge in [0, 0.05) is 25.3 Å². The van der Waals surface area contributed by atoms with Gasteiger partial charge in [0.2, 0.25) is 0 Å². The van der Waals surface area contributed by atoms with Crippen LogP contribution in [0.1, 0.15) is 18.4 Å². The molecule has 0 atom stereocenters. The van der Waals surface area contributed by atoms with Gasteiger partial charge in [-0.25, -0.2) is 4.79 Å². The largest absolute Gasteiger partial charge is 0.497 e. The minimum Gasteiger partial charge on any atom is -0.497 e. The third-order valence-corrected chi connectivity index (χ3v) is 4.86. The number of nitrogens with two attached hydrogens (primary N) is 1. The molecule has 1 fully saturated rings. The van der Waals surface area contributed by atoms with Gasteiger partial charge < -0.3 is 25.4 Å². The number of piperidine rings is 1. The van der Waals surface area contributed by atoms with E-state index in [1.165, 1.54) is 0 Å². The van der Waals surface area contributed by atoms with Crippen molar-refractivity contribution in [1.29, 1.82) is 0 Å². The second-order valence-electron chi connectivity index (χ2n) is 6.75. The number of amides is 2. The lowest BCUT2D eigenvalue weighted by Gasteiger charge is -2.32. The van der Waals surface area contributed by atoms with Crippen LogP contribution in [0.4, 0.5) is 10.5 Å². The molecule has 0 bridgehead atoms. The molecular weight excluding hydrogens is 342 g/mol. The second-order valence-corrected chi connectivity index (χ2v) is 6.75. The number of rotatable bonds is 6. The lowest BCUT2D eigenvalue weighted by Crippen LogP contribution is -2.42. The zero-order valence-corrected chi connectivity index (χ0v) is 15.7. The highest BCUT2D eigenvalue weighted by Gasteiger charge is 2.23. The molecule has 2 amide bonds. The standard InChI is InChI=1S/C21H27N3O3/c1-26-19-5-7-20(8-6-19)27-15-16-9-11-24(12-10-16)21(25)23-18-4-2-3-17(13-18)14-22/h2-8,13,16H,9-12,14-15,22H2,1H3,(H,23,25). The predicted octanol–water partition coefficient (Wildman–Crippen LogP) is 3.48. The summed E-state index contributed by atoms with van der Waals surface area (Å²) in [4.78, 5) is 14.3. The van der Waals surface area contributed by atoms with Gasteiger partial charge in [0.15, 0.2) is 0 Å². The van der Waals surface area contributed by atoms with Gasteiger partial charge in [0.1, 0.15) is 11.5 Å². The van der Waals surface area contributed by atoms with E-state index in [-0.39, 0.29) is 6.03 Å². The van der Waals surface area contributed by atoms with Crippen LogP contribution in [-0.4, -0.2) is 37.7 Å². The number of nitrogens with one attached hydrogen (secondary N) is 1. The van der Waals surface area contributed by atoms with Crippen LogP contribution in [-0.2, 0) is 6.54 Å². The molecule has 27 heavy (non-hydrogen) atoms. The Labute approximate surface area is 160 Å². The van der Waals surface area contributed by atoms with E-state index in [4.69, 9.17) is 15.2 Å². The molecule has 3 N–H and O–H groups in total. The van der Waals surface area contributed by atoms with E-state index in [9.17, 15) is 4.79 Å². The summed E-state index contributed by atoms with van der Waals surface area (Å²) in [7, 11) is 1.65. The summed E-state index contributed by atoms with van der Waals surface area (Å²) in [5, 5.41) is 2.96. The Morgan fingerprint density at radius 2 is 1.85 bits per heavy atom. The number of carbonyl (C=O) groups is 1. The molecule has 6 nitrogen and oxygen atoms in total. The Kier molecular flexibility index (Phi) is 6.54. The highest BCUT2D eigenvalue weighted by Crippen LogP contribution is 2.22. The van der Waals surface area contributed by atoms with Crippen LogP contribution >= 0.6 is 0 Å². The van der Waals surface area contributed by atoms with Crippen molar-refractivity contribution in [2.75, 3.05) is 32.1 Å². The number of nitrogens with zero attached hydrogens (tertiary/aromatic N) is 1. The van der Waals surface area contributed by atoms with E-state index in [1.807, 2.05) is 53.4 Å². The third kappa shape index (κ3) is 5.37. The van der Waals surface area contributed by atoms with E-state index in [0.717, 1.165) is 48.7 Å². The zero-order valence-electron chi connectivity index (χ0n) is 15.7. The maximum Gasteiger partial charge on any atom is 0.321 e. The molecule has 0 radical (unpaired) electrons. The van der Waals surface area contributed by atoms with Crippen molar-refractivity contribution < 1.29 is 14.3 Å². The average molecular weight is 369 g/mol. The quantitative estimate of drug-likeness (QED) is 0.817. The van der Waals surface area contributed by atoms with E-state index >= 15 is 0 Å². The minimum absolute atomic E-state index is 0.0568. The molecule has 6 heteroatoms. The average Bonchev–Trinajstić information content (AvgIpc) is 2.73. The summed E-state index contributed by atoms with van der Waals surface area (Å²) < 4.78 is 11.0. The summed E-state index contributed by atoms with van der Waals surface area (Å²) in [6, 6.07) is 15.2. The number of ether oxygens (including phenoxy) is 2. The Hall–Kier alpha value is -2.73. The maximum absolute atomic E-state index is 12.5. The van der Waals surface area contributed by atoms with E-state index in [1.54, 1.807) is 7.11 Å². The fourth-order valence-electron chi connectivity index (χ4n) is 3.17. The van der Waals surface area contributed by atoms with Crippen molar-refractivity contribution in [2.24, 2.45) is 11.7 Å². The van der Waals surface area contributed by atoms with Crippen LogP contribution in [0, 0.1) is 5.92 Å². The fraction of sp³-hybridized carbons (Fsp3) is 0.381. The number of carbonyl (C=O) groups excluding carboxylic acids is 1. The molecule has 0 aromatic heterocycles. The monoisotopic (exact) mass is 369 g/mol. The van der Waals surface area contributed by atoms with Crippen molar-refractivity contribution in [3.63, 3.8) is 0 Å². The number of urea groups is 1. The molecule has 0 spiro atoms. The normalized spacial score (nSPS) is 14.7. The van der Waals surface area contributed by atoms with Gasteiger partial charge >= 0.3 is 6.03 Å².